The van der Waals surface area contributed by atoms with Crippen LogP contribution in [0.4, 0.5) is 5.69 Å². The van der Waals surface area contributed by atoms with E-state index >= 15 is 0 Å². The molecule has 3 rings (SSSR count). The first-order valence-electron chi connectivity index (χ1n) is 8.68. The van der Waals surface area contributed by atoms with Gasteiger partial charge in [0.15, 0.2) is 5.16 Å². The summed E-state index contributed by atoms with van der Waals surface area (Å²) in [5, 5.41) is 13.9. The highest BCUT2D eigenvalue weighted by atomic mass is 32.2. The van der Waals surface area contributed by atoms with E-state index in [9.17, 15) is 4.79 Å². The summed E-state index contributed by atoms with van der Waals surface area (Å²) in [7, 11) is 1.93. The molecule has 0 radical (unpaired) electrons. The summed E-state index contributed by atoms with van der Waals surface area (Å²) < 4.78 is 7.36. The van der Waals surface area contributed by atoms with Crippen LogP contribution >= 0.6 is 23.1 Å². The van der Waals surface area contributed by atoms with Crippen LogP contribution in [-0.4, -0.2) is 32.5 Å². The summed E-state index contributed by atoms with van der Waals surface area (Å²) in [6.45, 7) is 4.42. The predicted octanol–water partition coefficient (Wildman–Crippen LogP) is 3.99. The average molecular weight is 403 g/mol. The Morgan fingerprint density at radius 3 is 2.74 bits per heavy atom. The summed E-state index contributed by atoms with van der Waals surface area (Å²) in [6.07, 6.45) is 0.745. The van der Waals surface area contributed by atoms with E-state index in [0.717, 1.165) is 28.8 Å². The second-order valence-electron chi connectivity index (χ2n) is 5.92. The zero-order chi connectivity index (χ0) is 19.2. The van der Waals surface area contributed by atoms with Crippen LogP contribution in [0.2, 0.25) is 0 Å². The first-order valence-corrected chi connectivity index (χ1v) is 10.4. The zero-order valence-electron chi connectivity index (χ0n) is 15.5. The van der Waals surface area contributed by atoms with Crippen LogP contribution in [0.25, 0.3) is 0 Å². The highest BCUT2D eigenvalue weighted by molar-refractivity contribution is 8.00. The lowest BCUT2D eigenvalue weighted by Gasteiger charge is -2.12. The van der Waals surface area contributed by atoms with Crippen LogP contribution in [0, 0.1) is 0 Å². The summed E-state index contributed by atoms with van der Waals surface area (Å²) in [6, 6.07) is 11.5. The van der Waals surface area contributed by atoms with Crippen molar-refractivity contribution in [3.8, 4) is 5.75 Å². The Bertz CT molecular complexity index is 876. The van der Waals surface area contributed by atoms with Crippen LogP contribution in [0.3, 0.4) is 0 Å². The van der Waals surface area contributed by atoms with Crippen molar-refractivity contribution >= 4 is 34.7 Å². The molecule has 2 aromatic heterocycles. The van der Waals surface area contributed by atoms with Crippen molar-refractivity contribution in [2.75, 3.05) is 11.9 Å². The number of carbonyl (C=O) groups is 1. The third-order valence-corrected chi connectivity index (χ3v) is 5.93. The van der Waals surface area contributed by atoms with E-state index < -0.39 is 0 Å². The van der Waals surface area contributed by atoms with Gasteiger partial charge in [-0.15, -0.1) is 21.5 Å². The van der Waals surface area contributed by atoms with Gasteiger partial charge in [0.2, 0.25) is 5.91 Å². The Hall–Kier alpha value is -2.32. The number of hydrogen-bond acceptors (Lipinski definition) is 6. The number of nitrogens with one attached hydrogen (secondary N) is 1. The first-order chi connectivity index (χ1) is 13.1. The lowest BCUT2D eigenvalue weighted by molar-refractivity contribution is -0.115. The van der Waals surface area contributed by atoms with Gasteiger partial charge >= 0.3 is 0 Å². The van der Waals surface area contributed by atoms with Crippen molar-refractivity contribution in [1.82, 2.24) is 14.8 Å². The van der Waals surface area contributed by atoms with Gasteiger partial charge in [-0.1, -0.05) is 17.8 Å². The Morgan fingerprint density at radius 2 is 2.07 bits per heavy atom. The van der Waals surface area contributed by atoms with Crippen LogP contribution in [0.15, 0.2) is 46.9 Å². The van der Waals surface area contributed by atoms with Crippen molar-refractivity contribution in [3.05, 3.63) is 52.5 Å². The molecule has 0 aliphatic heterocycles. The molecule has 1 N–H and O–H groups in total. The monoisotopic (exact) mass is 402 g/mol. The van der Waals surface area contributed by atoms with Crippen molar-refractivity contribution in [3.63, 3.8) is 0 Å². The number of thiophene rings is 1. The molecule has 6 nitrogen and oxygen atoms in total. The molecular weight excluding hydrogens is 380 g/mol. The SMILES string of the molecule is CCOc1ccc(NC(=O)[C@H](C)Sc2nnc(Cc3cccs3)n2C)cc1. The van der Waals surface area contributed by atoms with Crippen molar-refractivity contribution in [1.29, 1.82) is 0 Å². The fraction of sp³-hybridized carbons (Fsp3) is 0.316. The van der Waals surface area contributed by atoms with Gasteiger partial charge in [-0.25, -0.2) is 0 Å². The molecule has 27 heavy (non-hydrogen) atoms. The number of nitrogens with zero attached hydrogens (tertiary/aromatic N) is 3. The van der Waals surface area contributed by atoms with E-state index in [2.05, 4.69) is 27.0 Å². The van der Waals surface area contributed by atoms with Crippen LogP contribution in [0.5, 0.6) is 5.75 Å². The highest BCUT2D eigenvalue weighted by Crippen LogP contribution is 2.24. The number of carbonyl (C=O) groups excluding carboxylic acids is 1. The van der Waals surface area contributed by atoms with Crippen molar-refractivity contribution in [2.45, 2.75) is 30.7 Å². The zero-order valence-corrected chi connectivity index (χ0v) is 17.1. The van der Waals surface area contributed by atoms with Gasteiger partial charge in [-0.05, 0) is 49.6 Å². The fourth-order valence-corrected chi connectivity index (χ4v) is 3.96. The number of amides is 1. The van der Waals surface area contributed by atoms with Gasteiger partial charge in [-0.2, -0.15) is 0 Å². The fourth-order valence-electron chi connectivity index (χ4n) is 2.43. The highest BCUT2D eigenvalue weighted by Gasteiger charge is 2.19. The van der Waals surface area contributed by atoms with Crippen LogP contribution in [0.1, 0.15) is 24.5 Å². The molecule has 1 aromatic carbocycles. The number of rotatable bonds is 8. The average Bonchev–Trinajstić information content (AvgIpc) is 3.29. The molecule has 0 saturated heterocycles. The number of thioether (sulfide) groups is 1. The minimum atomic E-state index is -0.297. The van der Waals surface area contributed by atoms with Crippen LogP contribution < -0.4 is 10.1 Å². The number of aromatic nitrogens is 3. The number of hydrogen-bond donors (Lipinski definition) is 1. The quantitative estimate of drug-likeness (QED) is 0.577. The third-order valence-electron chi connectivity index (χ3n) is 3.92. The molecule has 0 saturated carbocycles. The Morgan fingerprint density at radius 1 is 1.30 bits per heavy atom. The van der Waals surface area contributed by atoms with Crippen molar-refractivity contribution in [2.24, 2.45) is 7.05 Å². The molecule has 0 fully saturated rings. The van der Waals surface area contributed by atoms with Gasteiger partial charge in [0.05, 0.1) is 11.9 Å². The summed E-state index contributed by atoms with van der Waals surface area (Å²) in [5.74, 6) is 1.60. The summed E-state index contributed by atoms with van der Waals surface area (Å²) in [4.78, 5) is 13.7. The molecule has 2 heterocycles. The van der Waals surface area contributed by atoms with Gasteiger partial charge in [-0.3, -0.25) is 4.79 Å². The molecule has 3 aromatic rings. The smallest absolute Gasteiger partial charge is 0.237 e. The number of ether oxygens (including phenoxy) is 1. The molecule has 0 unspecified atom stereocenters. The van der Waals surface area contributed by atoms with Crippen LogP contribution in [-0.2, 0) is 18.3 Å². The standard InChI is InChI=1S/C19H22N4O2S2/c1-4-25-15-9-7-14(8-10-15)20-18(24)13(2)27-19-22-21-17(23(19)3)12-16-6-5-11-26-16/h5-11,13H,4,12H2,1-3H3,(H,20,24)/t13-/m0/s1. The maximum absolute atomic E-state index is 12.5. The van der Waals surface area contributed by atoms with Gasteiger partial charge < -0.3 is 14.6 Å². The molecule has 1 atom stereocenters. The lowest BCUT2D eigenvalue weighted by Crippen LogP contribution is -2.22. The second-order valence-corrected chi connectivity index (χ2v) is 8.26. The van der Waals surface area contributed by atoms with E-state index in [-0.39, 0.29) is 11.2 Å². The third kappa shape index (κ3) is 5.11. The Labute approximate surface area is 167 Å². The number of anilines is 1. The molecule has 0 aliphatic rings. The predicted molar refractivity (Wildman–Crippen MR) is 110 cm³/mol. The van der Waals surface area contributed by atoms with E-state index in [1.54, 1.807) is 11.3 Å². The molecule has 142 valence electrons. The molecule has 8 heteroatoms. The molecule has 1 amide bonds. The first kappa shape index (κ1) is 19.4. The largest absolute Gasteiger partial charge is 0.494 e. The number of benzene rings is 1. The maximum atomic E-state index is 12.5. The van der Waals surface area contributed by atoms with E-state index in [1.807, 2.05) is 55.8 Å². The van der Waals surface area contributed by atoms with Gasteiger partial charge in [0.25, 0.3) is 0 Å². The van der Waals surface area contributed by atoms with E-state index in [0.29, 0.717) is 6.61 Å². The topological polar surface area (TPSA) is 69.0 Å². The normalized spacial score (nSPS) is 12.0. The van der Waals surface area contributed by atoms with Gasteiger partial charge in [0, 0.05) is 24.0 Å². The Balaban J connectivity index is 1.58. The summed E-state index contributed by atoms with van der Waals surface area (Å²) >= 11 is 3.10. The summed E-state index contributed by atoms with van der Waals surface area (Å²) in [5.41, 5.74) is 0.743. The molecular formula is C19H22N4O2S2. The van der Waals surface area contributed by atoms with Crippen molar-refractivity contribution < 1.29 is 9.53 Å². The minimum Gasteiger partial charge on any atom is -0.494 e. The Kier molecular flexibility index (Phi) is 6.52. The lowest BCUT2D eigenvalue weighted by atomic mass is 10.3. The van der Waals surface area contributed by atoms with Gasteiger partial charge in [0.1, 0.15) is 11.6 Å². The molecule has 0 bridgehead atoms. The second kappa shape index (κ2) is 9.05. The maximum Gasteiger partial charge on any atom is 0.237 e. The molecule has 0 aliphatic carbocycles. The minimum absolute atomic E-state index is 0.0769. The molecule has 0 spiro atoms. The van der Waals surface area contributed by atoms with E-state index in [1.165, 1.54) is 16.6 Å². The van der Waals surface area contributed by atoms with E-state index in [4.69, 9.17) is 4.74 Å².